The summed E-state index contributed by atoms with van der Waals surface area (Å²) in [6.45, 7) is 4.14. The number of nitrogens with zero attached hydrogens (tertiary/aromatic N) is 7. The number of anilines is 3. The minimum Gasteiger partial charge on any atom is -0.372 e. The summed E-state index contributed by atoms with van der Waals surface area (Å²) < 4.78 is 58.7. The Bertz CT molecular complexity index is 2650. The smallest absolute Gasteiger partial charge is 0.317 e. The molecule has 4 aromatic heterocycles. The molecular formula is C42H46F2N12O6S. The number of amides is 4. The lowest BCUT2D eigenvalue weighted by molar-refractivity contribution is -0.133. The van der Waals surface area contributed by atoms with Crippen LogP contribution in [-0.4, -0.2) is 118 Å². The van der Waals surface area contributed by atoms with E-state index in [0.717, 1.165) is 35.0 Å². The van der Waals surface area contributed by atoms with Crippen molar-refractivity contribution in [2.24, 2.45) is 0 Å². The maximum Gasteiger partial charge on any atom is 0.317 e. The molecule has 3 aliphatic rings. The zero-order valence-corrected chi connectivity index (χ0v) is 35.3. The van der Waals surface area contributed by atoms with Gasteiger partial charge in [0.05, 0.1) is 23.1 Å². The van der Waals surface area contributed by atoms with E-state index in [1.807, 2.05) is 21.9 Å². The Kier molecular flexibility index (Phi) is 12.3. The van der Waals surface area contributed by atoms with E-state index in [9.17, 15) is 27.6 Å². The zero-order valence-electron chi connectivity index (χ0n) is 34.5. The highest BCUT2D eigenvalue weighted by atomic mass is 32.2. The van der Waals surface area contributed by atoms with Crippen LogP contribution in [0.2, 0.25) is 0 Å². The summed E-state index contributed by atoms with van der Waals surface area (Å²) in [7, 11) is -2.86. The lowest BCUT2D eigenvalue weighted by atomic mass is 9.93. The second kappa shape index (κ2) is 18.0. The number of nitrogens with one attached hydrogen (secondary N) is 5. The minimum absolute atomic E-state index is 0.00984. The highest BCUT2D eigenvalue weighted by Crippen LogP contribution is 2.31. The number of urea groups is 1. The summed E-state index contributed by atoms with van der Waals surface area (Å²) in [4.78, 5) is 75.3. The van der Waals surface area contributed by atoms with Crippen molar-refractivity contribution in [3.63, 3.8) is 0 Å². The van der Waals surface area contributed by atoms with E-state index in [2.05, 4.69) is 45.6 Å². The number of carbonyl (C=O) groups is 4. The fourth-order valence-corrected chi connectivity index (χ4v) is 8.91. The number of aromatic amines is 1. The van der Waals surface area contributed by atoms with Crippen molar-refractivity contribution < 1.29 is 36.4 Å². The molecule has 4 amide bonds. The standard InChI is InChI=1S/C42H46F2N12O6S/c1-3-54(2)63(61,62)53-33-7-5-31(43)36(37(33)44)38(58)30-23-47-39-29(30)18-25(19-46-39)26-20-48-41(49-21-26)55-16-12-27(13-17-55)51-42(60)56-14-10-24(11-15-56)32-6-4-28(22-45-32)50-34-8-9-35(57)52-40(34)59/h4-7,18-24,27,34,50,53H,3,8-17H2,1-2H3,(H,46,47)(H,51,60)(H,52,57,59). The number of hydrogen-bond acceptors (Lipinski definition) is 12. The first-order chi connectivity index (χ1) is 30.3. The molecule has 5 aromatic rings. The molecule has 330 valence electrons. The molecule has 3 aliphatic heterocycles. The highest BCUT2D eigenvalue weighted by molar-refractivity contribution is 7.90. The number of piperidine rings is 3. The lowest BCUT2D eigenvalue weighted by Gasteiger charge is -2.36. The predicted molar refractivity (Wildman–Crippen MR) is 229 cm³/mol. The number of likely N-dealkylation sites (tertiary alicyclic amines) is 1. The number of rotatable bonds is 12. The molecule has 0 bridgehead atoms. The quantitative estimate of drug-likeness (QED) is 0.0873. The van der Waals surface area contributed by atoms with Gasteiger partial charge in [0.25, 0.3) is 0 Å². The van der Waals surface area contributed by atoms with E-state index < -0.39 is 44.9 Å². The van der Waals surface area contributed by atoms with Crippen molar-refractivity contribution in [3.8, 4) is 11.1 Å². The maximum absolute atomic E-state index is 15.6. The Hall–Kier alpha value is -6.61. The SMILES string of the molecule is CCN(C)S(=O)(=O)Nc1ccc(F)c(C(=O)c2c[nH]c3ncc(-c4cnc(N5CCC(NC(=O)N6CCC(c7ccc(NC8CCC(=O)NC8=O)cn7)CC6)CC5)nc4)cc23)c1F. The number of carbonyl (C=O) groups excluding carboxylic acids is 4. The Morgan fingerprint density at radius 2 is 1.63 bits per heavy atom. The van der Waals surface area contributed by atoms with Crippen LogP contribution in [0.1, 0.15) is 73.0 Å². The molecule has 0 radical (unpaired) electrons. The molecule has 0 spiro atoms. The second-order valence-corrected chi connectivity index (χ2v) is 17.6. The molecule has 0 saturated carbocycles. The monoisotopic (exact) mass is 884 g/mol. The van der Waals surface area contributed by atoms with Crippen LogP contribution in [0.5, 0.6) is 0 Å². The predicted octanol–water partition coefficient (Wildman–Crippen LogP) is 4.31. The Morgan fingerprint density at radius 3 is 2.32 bits per heavy atom. The average Bonchev–Trinajstić information content (AvgIpc) is 3.72. The summed E-state index contributed by atoms with van der Waals surface area (Å²) >= 11 is 0. The summed E-state index contributed by atoms with van der Waals surface area (Å²) in [5.74, 6) is -3.38. The Balaban J connectivity index is 0.833. The number of benzene rings is 1. The van der Waals surface area contributed by atoms with Gasteiger partial charge in [-0.2, -0.15) is 12.7 Å². The van der Waals surface area contributed by atoms with Crippen molar-refractivity contribution in [2.45, 2.75) is 63.5 Å². The molecule has 21 heteroatoms. The van der Waals surface area contributed by atoms with Crippen LogP contribution in [-0.2, 0) is 19.8 Å². The molecule has 5 N–H and O–H groups in total. The molecule has 1 unspecified atom stereocenters. The fourth-order valence-electron chi connectivity index (χ4n) is 7.98. The van der Waals surface area contributed by atoms with Gasteiger partial charge in [0.2, 0.25) is 23.5 Å². The Morgan fingerprint density at radius 1 is 0.905 bits per heavy atom. The van der Waals surface area contributed by atoms with Gasteiger partial charge in [-0.25, -0.2) is 28.5 Å². The van der Waals surface area contributed by atoms with Crippen LogP contribution in [0.15, 0.2) is 61.3 Å². The van der Waals surface area contributed by atoms with Crippen molar-refractivity contribution in [3.05, 3.63) is 89.8 Å². The number of H-pyrrole nitrogens is 1. The third-order valence-electron chi connectivity index (χ3n) is 11.8. The minimum atomic E-state index is -4.15. The largest absolute Gasteiger partial charge is 0.372 e. The number of pyridine rings is 2. The first kappa shape index (κ1) is 43.1. The summed E-state index contributed by atoms with van der Waals surface area (Å²) in [5.41, 5.74) is 1.52. The number of fused-ring (bicyclic) bond motifs is 1. The van der Waals surface area contributed by atoms with Gasteiger partial charge in [-0.05, 0) is 62.4 Å². The van der Waals surface area contributed by atoms with Gasteiger partial charge < -0.3 is 25.4 Å². The topological polar surface area (TPSA) is 228 Å². The van der Waals surface area contributed by atoms with Gasteiger partial charge in [0.1, 0.15) is 17.5 Å². The first-order valence-corrected chi connectivity index (χ1v) is 22.1. The van der Waals surface area contributed by atoms with Crippen LogP contribution < -0.4 is 25.6 Å². The molecule has 1 atom stereocenters. The summed E-state index contributed by atoms with van der Waals surface area (Å²) in [5, 5.41) is 8.98. The zero-order chi connectivity index (χ0) is 44.4. The number of halogens is 2. The van der Waals surface area contributed by atoms with E-state index in [4.69, 9.17) is 0 Å². The molecule has 8 rings (SSSR count). The molecule has 0 aliphatic carbocycles. The molecule has 18 nitrogen and oxygen atoms in total. The van der Waals surface area contributed by atoms with Crippen LogP contribution in [0.3, 0.4) is 0 Å². The van der Waals surface area contributed by atoms with Gasteiger partial charge in [-0.1, -0.05) is 6.92 Å². The molecule has 3 saturated heterocycles. The van der Waals surface area contributed by atoms with E-state index >= 15 is 8.78 Å². The van der Waals surface area contributed by atoms with E-state index in [1.54, 1.807) is 37.8 Å². The summed E-state index contributed by atoms with van der Waals surface area (Å²) in [6, 6.07) is 6.65. The van der Waals surface area contributed by atoms with Crippen molar-refractivity contribution in [1.82, 2.24) is 44.8 Å². The number of imide groups is 1. The average molecular weight is 885 g/mol. The van der Waals surface area contributed by atoms with Gasteiger partial charge in [-0.15, -0.1) is 0 Å². The van der Waals surface area contributed by atoms with E-state index in [-0.39, 0.29) is 47.3 Å². The van der Waals surface area contributed by atoms with Crippen molar-refractivity contribution in [1.29, 1.82) is 0 Å². The van der Waals surface area contributed by atoms with Crippen molar-refractivity contribution in [2.75, 3.05) is 54.7 Å². The molecule has 3 fully saturated rings. The second-order valence-electron chi connectivity index (χ2n) is 15.8. The van der Waals surface area contributed by atoms with Gasteiger partial charge in [0.15, 0.2) is 5.82 Å². The third kappa shape index (κ3) is 9.29. The Labute approximate surface area is 361 Å². The summed E-state index contributed by atoms with van der Waals surface area (Å²) in [6.07, 6.45) is 11.5. The van der Waals surface area contributed by atoms with Crippen LogP contribution in [0.4, 0.5) is 30.9 Å². The van der Waals surface area contributed by atoms with Gasteiger partial charge in [0, 0.05) is 111 Å². The fraction of sp³-hybridized carbons (Fsp3) is 0.381. The molecular weight excluding hydrogens is 839 g/mol. The molecule has 1 aromatic carbocycles. The number of aromatic nitrogens is 5. The third-order valence-corrected chi connectivity index (χ3v) is 13.4. The van der Waals surface area contributed by atoms with Crippen LogP contribution in [0, 0.1) is 11.6 Å². The van der Waals surface area contributed by atoms with Gasteiger partial charge in [-0.3, -0.25) is 29.4 Å². The lowest BCUT2D eigenvalue weighted by Crippen LogP contribution is -2.51. The van der Waals surface area contributed by atoms with Crippen LogP contribution in [0.25, 0.3) is 22.2 Å². The molecule has 7 heterocycles. The normalized spacial score (nSPS) is 17.8. The molecule has 63 heavy (non-hydrogen) atoms. The number of hydrogen-bond donors (Lipinski definition) is 5. The highest BCUT2D eigenvalue weighted by Gasteiger charge is 2.30. The first-order valence-electron chi connectivity index (χ1n) is 20.7. The van der Waals surface area contributed by atoms with Gasteiger partial charge >= 0.3 is 16.2 Å². The maximum atomic E-state index is 15.6. The van der Waals surface area contributed by atoms with E-state index in [0.29, 0.717) is 80.3 Å². The van der Waals surface area contributed by atoms with Crippen LogP contribution >= 0.6 is 0 Å². The van der Waals surface area contributed by atoms with E-state index in [1.165, 1.54) is 13.2 Å². The van der Waals surface area contributed by atoms with Crippen molar-refractivity contribution >= 4 is 62.2 Å². The number of ketones is 1.